The zero-order valence-corrected chi connectivity index (χ0v) is 11.9. The number of rotatable bonds is 4. The summed E-state index contributed by atoms with van der Waals surface area (Å²) in [6.45, 7) is 4.84. The highest BCUT2D eigenvalue weighted by Crippen LogP contribution is 2.20. The number of allylic oxidation sites excluding steroid dienone is 1. The molecule has 0 radical (unpaired) electrons. The molecule has 2 heterocycles. The lowest BCUT2D eigenvalue weighted by Crippen LogP contribution is -2.49. The van der Waals surface area contributed by atoms with Gasteiger partial charge in [0, 0.05) is 37.6 Å². The molecule has 2 fully saturated rings. The fraction of sp³-hybridized carbons (Fsp3) is 0.786. The van der Waals surface area contributed by atoms with E-state index in [9.17, 15) is 0 Å². The van der Waals surface area contributed by atoms with Crippen molar-refractivity contribution in [3.05, 3.63) is 11.9 Å². The van der Waals surface area contributed by atoms with E-state index in [0.29, 0.717) is 11.7 Å². The van der Waals surface area contributed by atoms with Gasteiger partial charge in [0.15, 0.2) is 0 Å². The molecule has 0 aromatic rings. The molecule has 0 unspecified atom stereocenters. The Hall–Kier alpha value is -1.07. The van der Waals surface area contributed by atoms with Gasteiger partial charge < -0.3 is 26.3 Å². The van der Waals surface area contributed by atoms with Gasteiger partial charge in [-0.3, -0.25) is 0 Å². The number of hydrogen-bond acceptors (Lipinski definition) is 5. The summed E-state index contributed by atoms with van der Waals surface area (Å²) in [4.78, 5) is 5.09. The minimum Gasteiger partial charge on any atom is -0.396 e. The average molecular weight is 265 g/mol. The number of nitrogens with zero attached hydrogens (tertiary/aromatic N) is 2. The molecule has 2 aliphatic rings. The van der Waals surface area contributed by atoms with Gasteiger partial charge in [-0.1, -0.05) is 0 Å². The number of piperidine rings is 2. The predicted molar refractivity (Wildman–Crippen MR) is 79.3 cm³/mol. The highest BCUT2D eigenvalue weighted by Gasteiger charge is 2.26. The van der Waals surface area contributed by atoms with Crippen LogP contribution < -0.4 is 11.1 Å². The third kappa shape index (κ3) is 4.21. The van der Waals surface area contributed by atoms with Gasteiger partial charge in [0.2, 0.25) is 0 Å². The summed E-state index contributed by atoms with van der Waals surface area (Å²) in [5.41, 5.74) is 6.09. The van der Waals surface area contributed by atoms with Crippen molar-refractivity contribution in [2.45, 2.75) is 37.8 Å². The predicted octanol–water partition coefficient (Wildman–Crippen LogP) is 0.584. The lowest BCUT2D eigenvalue weighted by Gasteiger charge is -2.41. The number of hydrogen-bond donors (Lipinski definition) is 3. The Balaban J connectivity index is 1.72. The van der Waals surface area contributed by atoms with Crippen LogP contribution in [0.3, 0.4) is 0 Å². The maximum atomic E-state index is 7.04. The van der Waals surface area contributed by atoms with E-state index in [1.54, 1.807) is 6.20 Å². The second-order valence-corrected chi connectivity index (χ2v) is 5.80. The van der Waals surface area contributed by atoms with Crippen LogP contribution in [0.1, 0.15) is 25.7 Å². The van der Waals surface area contributed by atoms with Crippen molar-refractivity contribution in [2.75, 3.05) is 33.2 Å². The first-order chi connectivity index (χ1) is 9.19. The molecule has 0 amide bonds. The zero-order chi connectivity index (χ0) is 13.7. The summed E-state index contributed by atoms with van der Waals surface area (Å²) in [7, 11) is 2.21. The van der Waals surface area contributed by atoms with Crippen molar-refractivity contribution in [3.63, 3.8) is 0 Å². The summed E-state index contributed by atoms with van der Waals surface area (Å²) in [6.07, 6.45) is 7.93. The molecule has 0 spiro atoms. The van der Waals surface area contributed by atoms with E-state index < -0.39 is 0 Å². The summed E-state index contributed by atoms with van der Waals surface area (Å²) in [5, 5.41) is 10.4. The van der Waals surface area contributed by atoms with Gasteiger partial charge in [-0.15, -0.1) is 0 Å². The Morgan fingerprint density at radius 3 is 2.37 bits per heavy atom. The van der Waals surface area contributed by atoms with Crippen LogP contribution in [0, 0.1) is 5.41 Å². The SMILES string of the molecule is CN1CCC(N2CCC(N/C=C(/N)C=N)CC2)CC1. The molecule has 0 atom stereocenters. The van der Waals surface area contributed by atoms with Gasteiger partial charge in [0.1, 0.15) is 0 Å². The monoisotopic (exact) mass is 265 g/mol. The van der Waals surface area contributed by atoms with Crippen LogP contribution in [0.2, 0.25) is 0 Å². The van der Waals surface area contributed by atoms with Crippen molar-refractivity contribution >= 4 is 6.21 Å². The van der Waals surface area contributed by atoms with Crippen molar-refractivity contribution in [1.29, 1.82) is 5.41 Å². The molecule has 0 aromatic carbocycles. The third-order valence-electron chi connectivity index (χ3n) is 4.39. The molecule has 108 valence electrons. The Morgan fingerprint density at radius 1 is 1.16 bits per heavy atom. The fourth-order valence-corrected chi connectivity index (χ4v) is 3.05. The largest absolute Gasteiger partial charge is 0.396 e. The number of likely N-dealkylation sites (tertiary alicyclic amines) is 2. The highest BCUT2D eigenvalue weighted by molar-refractivity contribution is 5.73. The Kier molecular flexibility index (Phi) is 5.22. The first kappa shape index (κ1) is 14.3. The Bertz CT molecular complexity index is 312. The zero-order valence-electron chi connectivity index (χ0n) is 11.9. The molecule has 19 heavy (non-hydrogen) atoms. The van der Waals surface area contributed by atoms with Gasteiger partial charge in [-0.2, -0.15) is 0 Å². The second kappa shape index (κ2) is 6.91. The minimum absolute atomic E-state index is 0.498. The molecule has 0 bridgehead atoms. The normalized spacial score (nSPS) is 25.4. The van der Waals surface area contributed by atoms with Crippen LogP contribution in [-0.4, -0.2) is 61.3 Å². The van der Waals surface area contributed by atoms with E-state index in [2.05, 4.69) is 22.2 Å². The first-order valence-corrected chi connectivity index (χ1v) is 7.34. The maximum Gasteiger partial charge on any atom is 0.0652 e. The number of nitrogens with two attached hydrogens (primary N) is 1. The summed E-state index contributed by atoms with van der Waals surface area (Å²) >= 11 is 0. The standard InChI is InChI=1S/C14H27N5/c1-18-6-4-14(5-7-18)19-8-2-13(3-9-19)17-11-12(16)10-15/h10-11,13-15,17H,2-9,16H2,1H3/b12-11+,15-10?. The molecule has 5 nitrogen and oxygen atoms in total. The summed E-state index contributed by atoms with van der Waals surface area (Å²) in [6, 6.07) is 1.31. The quantitative estimate of drug-likeness (QED) is 0.651. The molecular weight excluding hydrogens is 238 g/mol. The van der Waals surface area contributed by atoms with Crippen molar-refractivity contribution in [2.24, 2.45) is 5.73 Å². The molecule has 0 aromatic heterocycles. The van der Waals surface area contributed by atoms with Crippen molar-refractivity contribution in [3.8, 4) is 0 Å². The van der Waals surface area contributed by atoms with Crippen LogP contribution in [-0.2, 0) is 0 Å². The van der Waals surface area contributed by atoms with E-state index in [1.807, 2.05) is 0 Å². The molecule has 2 saturated heterocycles. The Labute approximate surface area is 116 Å². The van der Waals surface area contributed by atoms with E-state index in [0.717, 1.165) is 6.04 Å². The average Bonchev–Trinajstić information content (AvgIpc) is 2.46. The lowest BCUT2D eigenvalue weighted by atomic mass is 9.98. The van der Waals surface area contributed by atoms with E-state index in [-0.39, 0.29) is 0 Å². The molecule has 2 rings (SSSR count). The van der Waals surface area contributed by atoms with Gasteiger partial charge in [0.05, 0.1) is 5.70 Å². The van der Waals surface area contributed by atoms with Crippen LogP contribution in [0.15, 0.2) is 11.9 Å². The molecule has 4 N–H and O–H groups in total. The smallest absolute Gasteiger partial charge is 0.0652 e. The molecule has 0 aliphatic carbocycles. The summed E-state index contributed by atoms with van der Waals surface area (Å²) in [5.74, 6) is 0. The van der Waals surface area contributed by atoms with Gasteiger partial charge in [-0.05, 0) is 45.8 Å². The molecule has 0 saturated carbocycles. The lowest BCUT2D eigenvalue weighted by molar-refractivity contribution is 0.0942. The van der Waals surface area contributed by atoms with Gasteiger partial charge in [0.25, 0.3) is 0 Å². The summed E-state index contributed by atoms with van der Waals surface area (Å²) < 4.78 is 0. The van der Waals surface area contributed by atoms with Crippen LogP contribution in [0.5, 0.6) is 0 Å². The van der Waals surface area contributed by atoms with E-state index in [1.165, 1.54) is 58.1 Å². The van der Waals surface area contributed by atoms with Crippen LogP contribution in [0.25, 0.3) is 0 Å². The molecule has 5 heteroatoms. The van der Waals surface area contributed by atoms with Crippen LogP contribution >= 0.6 is 0 Å². The second-order valence-electron chi connectivity index (χ2n) is 5.80. The molecular formula is C14H27N5. The van der Waals surface area contributed by atoms with Gasteiger partial charge in [-0.25, -0.2) is 0 Å². The van der Waals surface area contributed by atoms with Gasteiger partial charge >= 0.3 is 0 Å². The van der Waals surface area contributed by atoms with E-state index in [4.69, 9.17) is 11.1 Å². The topological polar surface area (TPSA) is 68.4 Å². The molecule has 2 aliphatic heterocycles. The van der Waals surface area contributed by atoms with E-state index >= 15 is 0 Å². The van der Waals surface area contributed by atoms with Crippen molar-refractivity contribution < 1.29 is 0 Å². The maximum absolute atomic E-state index is 7.04. The first-order valence-electron chi connectivity index (χ1n) is 7.34. The van der Waals surface area contributed by atoms with Crippen LogP contribution in [0.4, 0.5) is 0 Å². The third-order valence-corrected chi connectivity index (χ3v) is 4.39. The highest BCUT2D eigenvalue weighted by atomic mass is 15.2. The fourth-order valence-electron chi connectivity index (χ4n) is 3.05. The Morgan fingerprint density at radius 2 is 1.79 bits per heavy atom. The number of nitrogens with one attached hydrogen (secondary N) is 2. The minimum atomic E-state index is 0.498. The van der Waals surface area contributed by atoms with Crippen molar-refractivity contribution in [1.82, 2.24) is 15.1 Å².